The Morgan fingerprint density at radius 2 is 1.93 bits per heavy atom. The molecule has 0 aromatic heterocycles. The molecule has 1 aromatic carbocycles. The highest BCUT2D eigenvalue weighted by molar-refractivity contribution is 5.87. The zero-order valence-electron chi connectivity index (χ0n) is 8.56. The van der Waals surface area contributed by atoms with E-state index in [-0.39, 0.29) is 18.5 Å². The van der Waals surface area contributed by atoms with E-state index < -0.39 is 5.90 Å². The molecule has 1 unspecified atom stereocenters. The maximum Gasteiger partial charge on any atom is 0.0577 e. The van der Waals surface area contributed by atoms with Crippen molar-refractivity contribution in [1.82, 2.24) is 0 Å². The SMILES string of the molecule is CCC(O)Cc1ccc(C(=N)[O-])cc1.Cl. The van der Waals surface area contributed by atoms with E-state index in [9.17, 15) is 10.2 Å². The molecular formula is C11H15ClNO2-. The first-order valence-corrected chi connectivity index (χ1v) is 4.66. The summed E-state index contributed by atoms with van der Waals surface area (Å²) in [4.78, 5) is 0. The average Bonchev–Trinajstić information content (AvgIpc) is 2.18. The molecule has 0 aliphatic rings. The number of benzene rings is 1. The van der Waals surface area contributed by atoms with Gasteiger partial charge in [-0.05, 0) is 29.9 Å². The first-order chi connectivity index (χ1) is 6.63. The Balaban J connectivity index is 0.00000196. The van der Waals surface area contributed by atoms with E-state index in [1.54, 1.807) is 24.3 Å². The molecule has 0 radical (unpaired) electrons. The van der Waals surface area contributed by atoms with Crippen molar-refractivity contribution in [3.63, 3.8) is 0 Å². The summed E-state index contributed by atoms with van der Waals surface area (Å²) in [6.07, 6.45) is 0.995. The monoisotopic (exact) mass is 228 g/mol. The summed E-state index contributed by atoms with van der Waals surface area (Å²) in [5.41, 5.74) is 1.38. The Morgan fingerprint density at radius 1 is 1.40 bits per heavy atom. The van der Waals surface area contributed by atoms with Crippen LogP contribution in [0.25, 0.3) is 0 Å². The zero-order chi connectivity index (χ0) is 10.6. The predicted molar refractivity (Wildman–Crippen MR) is 60.5 cm³/mol. The number of hydrogen-bond donors (Lipinski definition) is 2. The van der Waals surface area contributed by atoms with Crippen LogP contribution in [0, 0.1) is 5.41 Å². The van der Waals surface area contributed by atoms with Gasteiger partial charge in [0.25, 0.3) is 0 Å². The lowest BCUT2D eigenvalue weighted by molar-refractivity contribution is -0.214. The van der Waals surface area contributed by atoms with E-state index in [0.29, 0.717) is 12.0 Å². The molecule has 0 spiro atoms. The standard InChI is InChI=1S/C11H15NO2.ClH/c1-2-10(13)7-8-3-5-9(6-4-8)11(12)14;/h3-6,10,13H,2,7H2,1H3,(H2,12,14);1H/p-1. The van der Waals surface area contributed by atoms with Crippen LogP contribution in [-0.4, -0.2) is 17.1 Å². The molecule has 0 saturated heterocycles. The second-order valence-electron chi connectivity index (χ2n) is 3.29. The second kappa shape index (κ2) is 6.43. The van der Waals surface area contributed by atoms with Crippen molar-refractivity contribution in [1.29, 1.82) is 5.41 Å². The van der Waals surface area contributed by atoms with Crippen LogP contribution in [0.3, 0.4) is 0 Å². The van der Waals surface area contributed by atoms with Gasteiger partial charge in [-0.15, -0.1) is 12.4 Å². The molecule has 4 heteroatoms. The average molecular weight is 229 g/mol. The Bertz CT molecular complexity index is 311. The van der Waals surface area contributed by atoms with Gasteiger partial charge in [-0.25, -0.2) is 0 Å². The Kier molecular flexibility index (Phi) is 5.97. The highest BCUT2D eigenvalue weighted by Gasteiger charge is 2.02. The van der Waals surface area contributed by atoms with E-state index in [2.05, 4.69) is 0 Å². The molecule has 1 rings (SSSR count). The number of nitrogens with one attached hydrogen (secondary N) is 1. The van der Waals surface area contributed by atoms with Gasteiger partial charge in [0.05, 0.1) is 6.10 Å². The summed E-state index contributed by atoms with van der Waals surface area (Å²) in [5.74, 6) is -0.674. The van der Waals surface area contributed by atoms with Gasteiger partial charge in [0.1, 0.15) is 0 Å². The predicted octanol–water partition coefficient (Wildman–Crippen LogP) is 1.11. The first-order valence-electron chi connectivity index (χ1n) is 4.66. The molecule has 15 heavy (non-hydrogen) atoms. The second-order valence-corrected chi connectivity index (χ2v) is 3.29. The normalized spacial score (nSPS) is 11.6. The number of hydrogen-bond acceptors (Lipinski definition) is 3. The summed E-state index contributed by atoms with van der Waals surface area (Å²) in [5, 5.41) is 26.9. The topological polar surface area (TPSA) is 67.1 Å². The lowest BCUT2D eigenvalue weighted by Gasteiger charge is -2.10. The van der Waals surface area contributed by atoms with Crippen LogP contribution in [0.15, 0.2) is 24.3 Å². The van der Waals surface area contributed by atoms with E-state index in [1.807, 2.05) is 6.92 Å². The number of aliphatic hydroxyl groups excluding tert-OH is 1. The Morgan fingerprint density at radius 3 is 2.33 bits per heavy atom. The molecule has 2 N–H and O–H groups in total. The van der Waals surface area contributed by atoms with Gasteiger partial charge >= 0.3 is 0 Å². The van der Waals surface area contributed by atoms with Crippen LogP contribution in [0.2, 0.25) is 0 Å². The lowest BCUT2D eigenvalue weighted by atomic mass is 10.0. The van der Waals surface area contributed by atoms with Crippen LogP contribution in [0.1, 0.15) is 24.5 Å². The third kappa shape index (κ3) is 4.32. The highest BCUT2D eigenvalue weighted by atomic mass is 35.5. The Labute approximate surface area is 95.7 Å². The van der Waals surface area contributed by atoms with Crippen molar-refractivity contribution in [2.45, 2.75) is 25.9 Å². The molecule has 1 atom stereocenters. The third-order valence-electron chi connectivity index (χ3n) is 2.16. The van der Waals surface area contributed by atoms with E-state index in [4.69, 9.17) is 5.41 Å². The van der Waals surface area contributed by atoms with Crippen LogP contribution in [0.4, 0.5) is 0 Å². The summed E-state index contributed by atoms with van der Waals surface area (Å²) in [6.45, 7) is 1.92. The van der Waals surface area contributed by atoms with E-state index >= 15 is 0 Å². The van der Waals surface area contributed by atoms with Gasteiger partial charge in [-0.1, -0.05) is 31.2 Å². The molecule has 84 valence electrons. The molecule has 0 fully saturated rings. The maximum absolute atomic E-state index is 10.7. The molecule has 0 amide bonds. The number of rotatable bonds is 4. The van der Waals surface area contributed by atoms with Gasteiger partial charge < -0.3 is 15.6 Å². The van der Waals surface area contributed by atoms with Gasteiger partial charge in [-0.2, -0.15) is 0 Å². The lowest BCUT2D eigenvalue weighted by Crippen LogP contribution is -2.16. The van der Waals surface area contributed by atoms with E-state index in [1.165, 1.54) is 0 Å². The van der Waals surface area contributed by atoms with Crippen molar-refractivity contribution in [2.75, 3.05) is 0 Å². The molecule has 0 bridgehead atoms. The van der Waals surface area contributed by atoms with Gasteiger partial charge in [0, 0.05) is 0 Å². The molecule has 3 nitrogen and oxygen atoms in total. The summed E-state index contributed by atoms with van der Waals surface area (Å²) < 4.78 is 0. The molecule has 0 heterocycles. The van der Waals surface area contributed by atoms with Crippen molar-refractivity contribution >= 4 is 18.3 Å². The van der Waals surface area contributed by atoms with Crippen molar-refractivity contribution in [3.8, 4) is 0 Å². The highest BCUT2D eigenvalue weighted by Crippen LogP contribution is 2.07. The zero-order valence-corrected chi connectivity index (χ0v) is 9.38. The van der Waals surface area contributed by atoms with Crippen molar-refractivity contribution < 1.29 is 10.2 Å². The molecule has 0 aliphatic heterocycles. The first kappa shape index (κ1) is 13.9. The van der Waals surface area contributed by atoms with Gasteiger partial charge in [-0.3, -0.25) is 0 Å². The molecule has 1 aromatic rings. The quantitative estimate of drug-likeness (QED) is 0.599. The summed E-state index contributed by atoms with van der Waals surface area (Å²) in [7, 11) is 0. The Hall–Kier alpha value is -1.06. The van der Waals surface area contributed by atoms with Crippen LogP contribution in [0.5, 0.6) is 0 Å². The number of aliphatic hydroxyl groups is 1. The van der Waals surface area contributed by atoms with Crippen molar-refractivity contribution in [2.24, 2.45) is 0 Å². The number of halogens is 1. The van der Waals surface area contributed by atoms with Crippen molar-refractivity contribution in [3.05, 3.63) is 35.4 Å². The maximum atomic E-state index is 10.7. The fraction of sp³-hybridized carbons (Fsp3) is 0.364. The summed E-state index contributed by atoms with van der Waals surface area (Å²) >= 11 is 0. The minimum absolute atomic E-state index is 0. The fourth-order valence-corrected chi connectivity index (χ4v) is 1.21. The molecule has 0 saturated carbocycles. The molecule has 0 aliphatic carbocycles. The smallest absolute Gasteiger partial charge is 0.0577 e. The minimum atomic E-state index is -0.674. The van der Waals surface area contributed by atoms with Crippen LogP contribution in [-0.2, 0) is 6.42 Å². The third-order valence-corrected chi connectivity index (χ3v) is 2.16. The van der Waals surface area contributed by atoms with E-state index in [0.717, 1.165) is 12.0 Å². The largest absolute Gasteiger partial charge is 0.859 e. The summed E-state index contributed by atoms with van der Waals surface area (Å²) in [6, 6.07) is 6.79. The molecular weight excluding hydrogens is 214 g/mol. The van der Waals surface area contributed by atoms with Gasteiger partial charge in [0.15, 0.2) is 0 Å². The van der Waals surface area contributed by atoms with Gasteiger partial charge in [0.2, 0.25) is 0 Å². The minimum Gasteiger partial charge on any atom is -0.859 e. The van der Waals surface area contributed by atoms with Crippen LogP contribution >= 0.6 is 12.4 Å². The fourth-order valence-electron chi connectivity index (χ4n) is 1.21. The van der Waals surface area contributed by atoms with Crippen LogP contribution < -0.4 is 5.11 Å².